The third-order valence-corrected chi connectivity index (χ3v) is 2.95. The van der Waals surface area contributed by atoms with E-state index in [-0.39, 0.29) is 0 Å². The van der Waals surface area contributed by atoms with Crippen molar-refractivity contribution in [1.29, 1.82) is 0 Å². The average Bonchev–Trinajstić information content (AvgIpc) is 2.19. The molecule has 1 aliphatic rings. The Bertz CT molecular complexity index is 314. The first-order chi connectivity index (χ1) is 6.77. The molecule has 2 heterocycles. The summed E-state index contributed by atoms with van der Waals surface area (Å²) in [6.45, 7) is 5.31. The van der Waals surface area contributed by atoms with Gasteiger partial charge in [-0.2, -0.15) is 0 Å². The van der Waals surface area contributed by atoms with Crippen molar-refractivity contribution in [2.24, 2.45) is 0 Å². The number of piperidine rings is 1. The van der Waals surface area contributed by atoms with E-state index in [4.69, 9.17) is 0 Å². The van der Waals surface area contributed by atoms with Gasteiger partial charge in [0.15, 0.2) is 0 Å². The third-order valence-electron chi connectivity index (χ3n) is 2.95. The molecule has 1 unspecified atom stereocenters. The molecule has 1 N–H and O–H groups in total. The molecule has 0 saturated carbocycles. The van der Waals surface area contributed by atoms with E-state index in [0.29, 0.717) is 6.04 Å². The maximum Gasteiger partial charge on any atom is 0.0423 e. The smallest absolute Gasteiger partial charge is 0.0423 e. The molecule has 0 bridgehead atoms. The summed E-state index contributed by atoms with van der Waals surface area (Å²) in [5, 5.41) is 3.56. The molecule has 1 aromatic heterocycles. The largest absolute Gasteiger partial charge is 0.310 e. The van der Waals surface area contributed by atoms with Crippen molar-refractivity contribution in [2.45, 2.75) is 39.2 Å². The van der Waals surface area contributed by atoms with Crippen LogP contribution in [0.1, 0.15) is 42.3 Å². The SMILES string of the molecule is Cc1ccc(C2CCCCN2)c(C)n1. The second kappa shape index (κ2) is 4.09. The normalized spacial score (nSPS) is 22.3. The van der Waals surface area contributed by atoms with Gasteiger partial charge in [-0.15, -0.1) is 0 Å². The molecule has 1 saturated heterocycles. The van der Waals surface area contributed by atoms with Crippen molar-refractivity contribution < 1.29 is 0 Å². The Morgan fingerprint density at radius 2 is 2.14 bits per heavy atom. The number of nitrogens with zero attached hydrogens (tertiary/aromatic N) is 1. The van der Waals surface area contributed by atoms with Crippen molar-refractivity contribution in [1.82, 2.24) is 10.3 Å². The summed E-state index contributed by atoms with van der Waals surface area (Å²) in [5.74, 6) is 0. The van der Waals surface area contributed by atoms with E-state index in [0.717, 1.165) is 12.2 Å². The van der Waals surface area contributed by atoms with Crippen LogP contribution in [0.2, 0.25) is 0 Å². The summed E-state index contributed by atoms with van der Waals surface area (Å²) in [6, 6.07) is 4.87. The molecule has 1 aliphatic heterocycles. The molecule has 2 nitrogen and oxygen atoms in total. The number of aromatic nitrogens is 1. The van der Waals surface area contributed by atoms with E-state index < -0.39 is 0 Å². The number of nitrogens with one attached hydrogen (secondary N) is 1. The molecule has 2 heteroatoms. The van der Waals surface area contributed by atoms with E-state index in [1.165, 1.54) is 30.5 Å². The lowest BCUT2D eigenvalue weighted by Crippen LogP contribution is -2.27. The van der Waals surface area contributed by atoms with E-state index in [9.17, 15) is 0 Å². The van der Waals surface area contributed by atoms with Crippen LogP contribution in [0.25, 0.3) is 0 Å². The van der Waals surface area contributed by atoms with Crippen LogP contribution in [0.3, 0.4) is 0 Å². The van der Waals surface area contributed by atoms with Crippen molar-refractivity contribution >= 4 is 0 Å². The number of hydrogen-bond donors (Lipinski definition) is 1. The molecule has 0 aliphatic carbocycles. The molecule has 1 aromatic rings. The summed E-state index contributed by atoms with van der Waals surface area (Å²) in [5.41, 5.74) is 3.68. The van der Waals surface area contributed by atoms with Crippen LogP contribution >= 0.6 is 0 Å². The van der Waals surface area contributed by atoms with Crippen LogP contribution < -0.4 is 5.32 Å². The molecule has 2 rings (SSSR count). The van der Waals surface area contributed by atoms with Crippen LogP contribution in [0.15, 0.2) is 12.1 Å². The van der Waals surface area contributed by atoms with Crippen LogP contribution in [0, 0.1) is 13.8 Å². The maximum absolute atomic E-state index is 4.51. The minimum Gasteiger partial charge on any atom is -0.310 e. The topological polar surface area (TPSA) is 24.9 Å². The summed E-state index contributed by atoms with van der Waals surface area (Å²) < 4.78 is 0. The van der Waals surface area contributed by atoms with E-state index in [2.05, 4.69) is 29.4 Å². The second-order valence-corrected chi connectivity index (χ2v) is 4.13. The summed E-state index contributed by atoms with van der Waals surface area (Å²) in [7, 11) is 0. The fourth-order valence-electron chi connectivity index (χ4n) is 2.18. The van der Waals surface area contributed by atoms with E-state index in [1.807, 2.05) is 6.92 Å². The van der Waals surface area contributed by atoms with Gasteiger partial charge in [0.25, 0.3) is 0 Å². The Morgan fingerprint density at radius 3 is 2.79 bits per heavy atom. The monoisotopic (exact) mass is 190 g/mol. The van der Waals surface area contributed by atoms with Gasteiger partial charge in [-0.3, -0.25) is 4.98 Å². The zero-order valence-corrected chi connectivity index (χ0v) is 9.01. The van der Waals surface area contributed by atoms with Gasteiger partial charge in [0, 0.05) is 17.4 Å². The van der Waals surface area contributed by atoms with Gasteiger partial charge in [0.1, 0.15) is 0 Å². The lowest BCUT2D eigenvalue weighted by molar-refractivity contribution is 0.410. The highest BCUT2D eigenvalue weighted by Crippen LogP contribution is 2.24. The molecular formula is C12H18N2. The standard InChI is InChI=1S/C12H18N2/c1-9-6-7-11(10(2)14-9)12-5-3-4-8-13-12/h6-7,12-13H,3-5,8H2,1-2H3. The number of rotatable bonds is 1. The van der Waals surface area contributed by atoms with Gasteiger partial charge >= 0.3 is 0 Å². The van der Waals surface area contributed by atoms with Gasteiger partial charge in [-0.1, -0.05) is 12.5 Å². The van der Waals surface area contributed by atoms with Gasteiger partial charge in [-0.25, -0.2) is 0 Å². The molecule has 0 radical (unpaired) electrons. The van der Waals surface area contributed by atoms with E-state index >= 15 is 0 Å². The average molecular weight is 190 g/mol. The van der Waals surface area contributed by atoms with Crippen LogP contribution in [0.5, 0.6) is 0 Å². The van der Waals surface area contributed by atoms with Crippen molar-refractivity contribution in [3.8, 4) is 0 Å². The molecule has 14 heavy (non-hydrogen) atoms. The minimum atomic E-state index is 0.539. The Morgan fingerprint density at radius 1 is 1.29 bits per heavy atom. The summed E-state index contributed by atoms with van der Waals surface area (Å²) in [4.78, 5) is 4.51. The highest BCUT2D eigenvalue weighted by molar-refractivity contribution is 5.25. The van der Waals surface area contributed by atoms with Crippen LogP contribution in [0.4, 0.5) is 0 Å². The zero-order valence-electron chi connectivity index (χ0n) is 9.01. The quantitative estimate of drug-likeness (QED) is 0.736. The predicted molar refractivity (Wildman–Crippen MR) is 58.3 cm³/mol. The highest BCUT2D eigenvalue weighted by atomic mass is 14.9. The Labute approximate surface area is 85.7 Å². The Kier molecular flexibility index (Phi) is 2.82. The summed E-state index contributed by atoms with van der Waals surface area (Å²) >= 11 is 0. The van der Waals surface area contributed by atoms with Crippen LogP contribution in [-0.2, 0) is 0 Å². The number of aryl methyl sites for hydroxylation is 2. The third kappa shape index (κ3) is 1.95. The van der Waals surface area contributed by atoms with Crippen molar-refractivity contribution in [3.05, 3.63) is 29.1 Å². The highest BCUT2D eigenvalue weighted by Gasteiger charge is 2.16. The molecule has 1 atom stereocenters. The lowest BCUT2D eigenvalue weighted by Gasteiger charge is -2.24. The minimum absolute atomic E-state index is 0.539. The molecular weight excluding hydrogens is 172 g/mol. The van der Waals surface area contributed by atoms with E-state index in [1.54, 1.807) is 0 Å². The van der Waals surface area contributed by atoms with Gasteiger partial charge < -0.3 is 5.32 Å². The Hall–Kier alpha value is -0.890. The first kappa shape index (κ1) is 9.66. The Balaban J connectivity index is 2.22. The first-order valence-corrected chi connectivity index (χ1v) is 5.45. The fourth-order valence-corrected chi connectivity index (χ4v) is 2.18. The van der Waals surface area contributed by atoms with Gasteiger partial charge in [0.05, 0.1) is 0 Å². The molecule has 76 valence electrons. The van der Waals surface area contributed by atoms with Gasteiger partial charge in [0.2, 0.25) is 0 Å². The molecule has 0 aromatic carbocycles. The number of hydrogen-bond acceptors (Lipinski definition) is 2. The lowest BCUT2D eigenvalue weighted by atomic mass is 9.96. The maximum atomic E-state index is 4.51. The second-order valence-electron chi connectivity index (χ2n) is 4.13. The number of pyridine rings is 1. The van der Waals surface area contributed by atoms with Crippen molar-refractivity contribution in [3.63, 3.8) is 0 Å². The molecule has 1 fully saturated rings. The molecule has 0 spiro atoms. The zero-order chi connectivity index (χ0) is 9.97. The first-order valence-electron chi connectivity index (χ1n) is 5.45. The predicted octanol–water partition coefficient (Wildman–Crippen LogP) is 2.51. The fraction of sp³-hybridized carbons (Fsp3) is 0.583. The van der Waals surface area contributed by atoms with Crippen molar-refractivity contribution in [2.75, 3.05) is 6.54 Å². The van der Waals surface area contributed by atoms with Crippen LogP contribution in [-0.4, -0.2) is 11.5 Å². The van der Waals surface area contributed by atoms with Gasteiger partial charge in [-0.05, 0) is 44.9 Å². The summed E-state index contributed by atoms with van der Waals surface area (Å²) in [6.07, 6.45) is 3.91. The molecule has 0 amide bonds.